The predicted octanol–water partition coefficient (Wildman–Crippen LogP) is 3.43. The van der Waals surface area contributed by atoms with Crippen LogP contribution in [0.1, 0.15) is 37.3 Å². The minimum atomic E-state index is -3.35. The average molecular weight is 385 g/mol. The highest BCUT2D eigenvalue weighted by molar-refractivity contribution is 7.90. The maximum absolute atomic E-state index is 12.3. The Hall–Kier alpha value is -2.20. The zero-order chi connectivity index (χ0) is 19.4. The van der Waals surface area contributed by atoms with Crippen molar-refractivity contribution in [1.29, 1.82) is 5.26 Å². The third-order valence-corrected chi connectivity index (χ3v) is 6.85. The van der Waals surface area contributed by atoms with Crippen molar-refractivity contribution in [2.75, 3.05) is 13.2 Å². The number of sulfonamides is 1. The number of nitriles is 1. The fourth-order valence-corrected chi connectivity index (χ4v) is 4.19. The van der Waals surface area contributed by atoms with Crippen molar-refractivity contribution < 1.29 is 13.2 Å². The van der Waals surface area contributed by atoms with E-state index in [2.05, 4.69) is 22.9 Å². The van der Waals surface area contributed by atoms with E-state index in [9.17, 15) is 8.42 Å². The summed E-state index contributed by atoms with van der Waals surface area (Å²) in [5.41, 5.74) is 3.85. The zero-order valence-corrected chi connectivity index (χ0v) is 16.4. The molecule has 2 atom stereocenters. The van der Waals surface area contributed by atoms with E-state index in [1.165, 1.54) is 0 Å². The topological polar surface area (TPSA) is 79.2 Å². The summed E-state index contributed by atoms with van der Waals surface area (Å²) in [7, 11) is -3.35. The summed E-state index contributed by atoms with van der Waals surface area (Å²) in [5, 5.41) is 8.44. The largest absolute Gasteiger partial charge is 0.380 e. The van der Waals surface area contributed by atoms with Gasteiger partial charge in [-0.25, -0.2) is 13.1 Å². The van der Waals surface area contributed by atoms with Crippen LogP contribution in [-0.2, 0) is 14.8 Å². The van der Waals surface area contributed by atoms with Crippen molar-refractivity contribution >= 4 is 10.0 Å². The maximum atomic E-state index is 12.3. The highest BCUT2D eigenvalue weighted by Gasteiger charge is 2.31. The van der Waals surface area contributed by atoms with Gasteiger partial charge in [-0.05, 0) is 49.1 Å². The molecule has 1 heterocycles. The van der Waals surface area contributed by atoms with E-state index in [-0.39, 0.29) is 12.0 Å². The van der Waals surface area contributed by atoms with Crippen LogP contribution in [0.25, 0.3) is 11.1 Å². The number of ether oxygens (including phenoxy) is 1. The third kappa shape index (κ3) is 4.56. The molecule has 0 aromatic heterocycles. The maximum Gasteiger partial charge on any atom is 0.214 e. The molecule has 2 aromatic carbocycles. The van der Waals surface area contributed by atoms with Crippen LogP contribution in [0.5, 0.6) is 0 Å². The van der Waals surface area contributed by atoms with Crippen LogP contribution in [0, 0.1) is 11.3 Å². The second-order valence-electron chi connectivity index (χ2n) is 7.10. The molecule has 6 heteroatoms. The molecule has 1 fully saturated rings. The third-order valence-electron chi connectivity index (χ3n) is 4.98. The molecule has 0 radical (unpaired) electrons. The van der Waals surface area contributed by atoms with Crippen LogP contribution < -0.4 is 4.72 Å². The minimum Gasteiger partial charge on any atom is -0.380 e. The Balaban J connectivity index is 1.80. The number of benzene rings is 2. The van der Waals surface area contributed by atoms with Crippen LogP contribution >= 0.6 is 0 Å². The van der Waals surface area contributed by atoms with Crippen molar-refractivity contribution in [2.45, 2.75) is 37.5 Å². The first-order valence-electron chi connectivity index (χ1n) is 9.10. The molecule has 3 rings (SSSR count). The van der Waals surface area contributed by atoms with E-state index < -0.39 is 15.3 Å². The summed E-state index contributed by atoms with van der Waals surface area (Å²) in [4.78, 5) is 0. The zero-order valence-electron chi connectivity index (χ0n) is 15.6. The van der Waals surface area contributed by atoms with Gasteiger partial charge in [0, 0.05) is 12.5 Å². The lowest BCUT2D eigenvalue weighted by molar-refractivity contribution is 0.0644. The molecule has 0 bridgehead atoms. The Bertz CT molecular complexity index is 913. The van der Waals surface area contributed by atoms with Crippen LogP contribution in [0.2, 0.25) is 0 Å². The molecule has 5 nitrogen and oxygen atoms in total. The molecule has 0 spiro atoms. The molecule has 0 amide bonds. The lowest BCUT2D eigenvalue weighted by atomic mass is 9.87. The summed E-state index contributed by atoms with van der Waals surface area (Å²) >= 11 is 0. The molecule has 27 heavy (non-hydrogen) atoms. The van der Waals surface area contributed by atoms with Gasteiger partial charge in [-0.3, -0.25) is 0 Å². The van der Waals surface area contributed by atoms with Gasteiger partial charge in [0.2, 0.25) is 10.0 Å². The number of hydrogen-bond donors (Lipinski definition) is 1. The predicted molar refractivity (Wildman–Crippen MR) is 106 cm³/mol. The highest BCUT2D eigenvalue weighted by Crippen LogP contribution is 2.30. The molecule has 1 aliphatic rings. The van der Waals surface area contributed by atoms with Crippen molar-refractivity contribution in [3.63, 3.8) is 0 Å². The number of rotatable bonds is 5. The smallest absolute Gasteiger partial charge is 0.214 e. The van der Waals surface area contributed by atoms with Crippen LogP contribution in [-0.4, -0.2) is 32.9 Å². The molecule has 0 saturated carbocycles. The van der Waals surface area contributed by atoms with Gasteiger partial charge in [0.15, 0.2) is 0 Å². The van der Waals surface area contributed by atoms with Crippen LogP contribution in [0.15, 0.2) is 48.5 Å². The van der Waals surface area contributed by atoms with Crippen molar-refractivity contribution in [3.8, 4) is 17.2 Å². The average Bonchev–Trinajstić information content (AvgIpc) is 2.68. The summed E-state index contributed by atoms with van der Waals surface area (Å²) in [5.74, 6) is 0.0855. The highest BCUT2D eigenvalue weighted by atomic mass is 32.2. The summed E-state index contributed by atoms with van der Waals surface area (Å²) < 4.78 is 32.9. The first kappa shape index (κ1) is 19.6. The SMILES string of the molecule is CC(C)S(=O)(=O)N[C@H]1COCC[C@@H]1c1ccc(-c2ccc(C#N)cc2)cc1. The second kappa shape index (κ2) is 8.22. The monoisotopic (exact) mass is 384 g/mol. The first-order valence-corrected chi connectivity index (χ1v) is 10.6. The van der Waals surface area contributed by atoms with Gasteiger partial charge in [0.1, 0.15) is 0 Å². The molecule has 1 N–H and O–H groups in total. The number of nitrogens with zero attached hydrogens (tertiary/aromatic N) is 1. The van der Waals surface area contributed by atoms with E-state index in [0.29, 0.717) is 18.8 Å². The quantitative estimate of drug-likeness (QED) is 0.857. The summed E-state index contributed by atoms with van der Waals surface area (Å²) in [6, 6.07) is 17.5. The Kier molecular flexibility index (Phi) is 5.95. The number of nitrogens with one attached hydrogen (secondary N) is 1. The van der Waals surface area contributed by atoms with Gasteiger partial charge in [0.25, 0.3) is 0 Å². The lowest BCUT2D eigenvalue weighted by Crippen LogP contribution is -2.47. The molecule has 0 aliphatic carbocycles. The molecular weight excluding hydrogens is 360 g/mol. The minimum absolute atomic E-state index is 0.0855. The van der Waals surface area contributed by atoms with Crippen molar-refractivity contribution in [2.24, 2.45) is 0 Å². The van der Waals surface area contributed by atoms with E-state index in [1.54, 1.807) is 26.0 Å². The Morgan fingerprint density at radius 3 is 2.22 bits per heavy atom. The molecule has 1 saturated heterocycles. The van der Waals surface area contributed by atoms with E-state index >= 15 is 0 Å². The molecule has 0 unspecified atom stereocenters. The fourth-order valence-electron chi connectivity index (χ4n) is 3.26. The van der Waals surface area contributed by atoms with Crippen molar-refractivity contribution in [1.82, 2.24) is 4.72 Å². The summed E-state index contributed by atoms with van der Waals surface area (Å²) in [6.45, 7) is 4.36. The first-order chi connectivity index (χ1) is 12.9. The Morgan fingerprint density at radius 1 is 1.07 bits per heavy atom. The van der Waals surface area contributed by atoms with Gasteiger partial charge in [-0.2, -0.15) is 5.26 Å². The fraction of sp³-hybridized carbons (Fsp3) is 0.381. The number of hydrogen-bond acceptors (Lipinski definition) is 4. The van der Waals surface area contributed by atoms with Crippen LogP contribution in [0.4, 0.5) is 0 Å². The van der Waals surface area contributed by atoms with E-state index in [0.717, 1.165) is 23.1 Å². The van der Waals surface area contributed by atoms with Gasteiger partial charge < -0.3 is 4.74 Å². The Labute approximate surface area is 161 Å². The molecular formula is C21H24N2O3S. The molecule has 1 aliphatic heterocycles. The van der Waals surface area contributed by atoms with Gasteiger partial charge >= 0.3 is 0 Å². The summed E-state index contributed by atoms with van der Waals surface area (Å²) in [6.07, 6.45) is 0.779. The normalized spacial score (nSPS) is 20.4. The van der Waals surface area contributed by atoms with E-state index in [1.807, 2.05) is 24.3 Å². The molecule has 2 aromatic rings. The van der Waals surface area contributed by atoms with Crippen molar-refractivity contribution in [3.05, 3.63) is 59.7 Å². The molecule has 142 valence electrons. The standard InChI is InChI=1S/C21H24N2O3S/c1-15(2)27(24,25)23-21-14-26-12-11-20(21)19-9-7-18(8-10-19)17-5-3-16(13-22)4-6-17/h3-10,15,20-21,23H,11-12,14H2,1-2H3/t20-,21+/m1/s1. The second-order valence-corrected chi connectivity index (χ2v) is 9.37. The van der Waals surface area contributed by atoms with E-state index in [4.69, 9.17) is 10.00 Å². The Morgan fingerprint density at radius 2 is 1.67 bits per heavy atom. The van der Waals surface area contributed by atoms with Gasteiger partial charge in [0.05, 0.1) is 29.5 Å². The van der Waals surface area contributed by atoms with Crippen LogP contribution in [0.3, 0.4) is 0 Å². The van der Waals surface area contributed by atoms with Gasteiger partial charge in [-0.15, -0.1) is 0 Å². The van der Waals surface area contributed by atoms with Gasteiger partial charge in [-0.1, -0.05) is 36.4 Å². The lowest BCUT2D eigenvalue weighted by Gasteiger charge is -2.33.